The Hall–Kier alpha value is -0.920. The maximum absolute atomic E-state index is 11.9. The number of aryl methyl sites for hydroxylation is 1. The molecule has 0 spiro atoms. The lowest BCUT2D eigenvalue weighted by atomic mass is 10.1. The second-order valence-corrected chi connectivity index (χ2v) is 5.82. The van der Waals surface area contributed by atoms with Crippen LogP contribution >= 0.6 is 0 Å². The highest BCUT2D eigenvalue weighted by Crippen LogP contribution is 2.07. The van der Waals surface area contributed by atoms with Crippen LogP contribution in [0.15, 0.2) is 11.2 Å². The van der Waals surface area contributed by atoms with Crippen LogP contribution in [0, 0.1) is 5.92 Å². The minimum Gasteiger partial charge on any atom is -0.332 e. The Bertz CT molecular complexity index is 441. The number of sulfonamides is 1. The monoisotopic (exact) mass is 260 g/mol. The fraction of sp³-hybridized carbons (Fsp3) is 0.700. The van der Waals surface area contributed by atoms with E-state index in [1.807, 2.05) is 13.8 Å². The molecule has 0 fully saturated rings. The van der Waals surface area contributed by atoms with Crippen LogP contribution in [-0.2, 0) is 16.4 Å². The molecule has 4 N–H and O–H groups in total. The van der Waals surface area contributed by atoms with E-state index in [0.717, 1.165) is 6.42 Å². The first-order chi connectivity index (χ1) is 7.99. The summed E-state index contributed by atoms with van der Waals surface area (Å²) in [6.07, 6.45) is 2.82. The van der Waals surface area contributed by atoms with E-state index in [2.05, 4.69) is 14.7 Å². The van der Waals surface area contributed by atoms with Gasteiger partial charge in [0.2, 0.25) is 0 Å². The number of nitrogens with two attached hydrogens (primary N) is 1. The number of rotatable bonds is 7. The Morgan fingerprint density at radius 2 is 2.29 bits per heavy atom. The number of hydrogen-bond acceptors (Lipinski definition) is 4. The Kier molecular flexibility index (Phi) is 5.10. The molecule has 0 aliphatic carbocycles. The van der Waals surface area contributed by atoms with Crippen molar-refractivity contribution < 1.29 is 8.42 Å². The van der Waals surface area contributed by atoms with Crippen LogP contribution in [0.2, 0.25) is 0 Å². The first-order valence-electron chi connectivity index (χ1n) is 5.73. The molecule has 1 rings (SSSR count). The van der Waals surface area contributed by atoms with Crippen molar-refractivity contribution in [2.24, 2.45) is 11.7 Å². The fourth-order valence-electron chi connectivity index (χ4n) is 1.38. The minimum atomic E-state index is -3.47. The number of hydrogen-bond donors (Lipinski definition) is 3. The second kappa shape index (κ2) is 6.13. The molecule has 0 aliphatic rings. The Balaban J connectivity index is 2.62. The number of aromatic amines is 1. The normalized spacial score (nSPS) is 13.8. The quantitative estimate of drug-likeness (QED) is 0.653. The largest absolute Gasteiger partial charge is 0.332 e. The number of aromatic nitrogens is 2. The standard InChI is InChI=1S/C10H20N4O2S/c1-3-9-12-7-10(14-9)17(15,16)13-6-8(2)4-5-11/h7-8,13H,3-6,11H2,1-2H3,(H,12,14). The van der Waals surface area contributed by atoms with Crippen molar-refractivity contribution in [1.29, 1.82) is 0 Å². The lowest BCUT2D eigenvalue weighted by Gasteiger charge is -2.10. The molecular formula is C10H20N4O2S. The van der Waals surface area contributed by atoms with E-state index >= 15 is 0 Å². The molecule has 0 amide bonds. The van der Waals surface area contributed by atoms with Gasteiger partial charge in [-0.15, -0.1) is 0 Å². The summed E-state index contributed by atoms with van der Waals surface area (Å²) in [6, 6.07) is 0. The van der Waals surface area contributed by atoms with E-state index in [4.69, 9.17) is 5.73 Å². The third kappa shape index (κ3) is 4.10. The fourth-order valence-corrected chi connectivity index (χ4v) is 2.48. The van der Waals surface area contributed by atoms with Crippen LogP contribution in [0.3, 0.4) is 0 Å². The summed E-state index contributed by atoms with van der Waals surface area (Å²) in [5.74, 6) is 0.892. The van der Waals surface area contributed by atoms with Crippen molar-refractivity contribution in [2.45, 2.75) is 31.7 Å². The molecule has 0 aliphatic heterocycles. The number of imidazole rings is 1. The van der Waals surface area contributed by atoms with Gasteiger partial charge in [-0.3, -0.25) is 0 Å². The van der Waals surface area contributed by atoms with E-state index in [9.17, 15) is 8.42 Å². The van der Waals surface area contributed by atoms with E-state index < -0.39 is 10.0 Å². The van der Waals surface area contributed by atoms with Crippen molar-refractivity contribution in [3.63, 3.8) is 0 Å². The highest BCUT2D eigenvalue weighted by molar-refractivity contribution is 7.89. The lowest BCUT2D eigenvalue weighted by Crippen LogP contribution is -2.29. The predicted molar refractivity (Wildman–Crippen MR) is 66.0 cm³/mol. The van der Waals surface area contributed by atoms with Crippen LogP contribution in [0.1, 0.15) is 26.1 Å². The first-order valence-corrected chi connectivity index (χ1v) is 7.21. The Morgan fingerprint density at radius 1 is 1.59 bits per heavy atom. The zero-order chi connectivity index (χ0) is 12.9. The zero-order valence-electron chi connectivity index (χ0n) is 10.2. The van der Waals surface area contributed by atoms with E-state index in [1.54, 1.807) is 0 Å². The molecule has 1 atom stereocenters. The van der Waals surface area contributed by atoms with E-state index in [1.165, 1.54) is 6.20 Å². The second-order valence-electron chi connectivity index (χ2n) is 4.08. The Labute approximate surface area is 102 Å². The van der Waals surface area contributed by atoms with Crippen molar-refractivity contribution in [3.05, 3.63) is 12.0 Å². The zero-order valence-corrected chi connectivity index (χ0v) is 11.0. The molecule has 0 bridgehead atoms. The molecule has 6 nitrogen and oxygen atoms in total. The Morgan fingerprint density at radius 3 is 2.82 bits per heavy atom. The molecule has 1 unspecified atom stereocenters. The van der Waals surface area contributed by atoms with Gasteiger partial charge in [-0.2, -0.15) is 0 Å². The smallest absolute Gasteiger partial charge is 0.257 e. The molecule has 0 aromatic carbocycles. The number of nitrogens with zero attached hydrogens (tertiary/aromatic N) is 1. The number of H-pyrrole nitrogens is 1. The average Bonchev–Trinajstić information content (AvgIpc) is 2.76. The minimum absolute atomic E-state index is 0.120. The van der Waals surface area contributed by atoms with E-state index in [-0.39, 0.29) is 10.9 Å². The SMILES string of the molecule is CCc1ncc(S(=O)(=O)NCC(C)CCN)[nH]1. The first kappa shape index (κ1) is 14.1. The summed E-state index contributed by atoms with van der Waals surface area (Å²) >= 11 is 0. The maximum atomic E-state index is 11.9. The van der Waals surface area contributed by atoms with Gasteiger partial charge in [-0.05, 0) is 18.9 Å². The van der Waals surface area contributed by atoms with Crippen molar-refractivity contribution >= 4 is 10.0 Å². The van der Waals surface area contributed by atoms with Crippen LogP contribution in [0.4, 0.5) is 0 Å². The molecule has 98 valence electrons. The highest BCUT2D eigenvalue weighted by atomic mass is 32.2. The molecule has 0 saturated heterocycles. The maximum Gasteiger partial charge on any atom is 0.257 e. The number of nitrogens with one attached hydrogen (secondary N) is 2. The van der Waals surface area contributed by atoms with Crippen LogP contribution in [0.5, 0.6) is 0 Å². The van der Waals surface area contributed by atoms with Crippen LogP contribution in [-0.4, -0.2) is 31.5 Å². The van der Waals surface area contributed by atoms with Crippen LogP contribution < -0.4 is 10.5 Å². The van der Waals surface area contributed by atoms with Gasteiger partial charge < -0.3 is 10.7 Å². The predicted octanol–water partition coefficient (Wildman–Crippen LogP) is 0.235. The van der Waals surface area contributed by atoms with Gasteiger partial charge in [-0.25, -0.2) is 18.1 Å². The van der Waals surface area contributed by atoms with Crippen molar-refractivity contribution in [3.8, 4) is 0 Å². The molecule has 0 radical (unpaired) electrons. The summed E-state index contributed by atoms with van der Waals surface area (Å²) in [7, 11) is -3.47. The lowest BCUT2D eigenvalue weighted by molar-refractivity contribution is 0.514. The molecule has 1 aromatic heterocycles. The third-order valence-corrected chi connectivity index (χ3v) is 3.84. The molecule has 0 saturated carbocycles. The van der Waals surface area contributed by atoms with E-state index in [0.29, 0.717) is 25.3 Å². The molecular weight excluding hydrogens is 240 g/mol. The summed E-state index contributed by atoms with van der Waals surface area (Å²) in [6.45, 7) is 4.82. The van der Waals surface area contributed by atoms with Crippen LogP contribution in [0.25, 0.3) is 0 Å². The third-order valence-electron chi connectivity index (χ3n) is 2.51. The van der Waals surface area contributed by atoms with Gasteiger partial charge >= 0.3 is 0 Å². The topological polar surface area (TPSA) is 101 Å². The summed E-state index contributed by atoms with van der Waals surface area (Å²) in [5.41, 5.74) is 5.41. The average molecular weight is 260 g/mol. The van der Waals surface area contributed by atoms with Gasteiger partial charge in [0.1, 0.15) is 5.82 Å². The van der Waals surface area contributed by atoms with Gasteiger partial charge in [0.25, 0.3) is 10.0 Å². The van der Waals surface area contributed by atoms with Gasteiger partial charge in [0.05, 0.1) is 6.20 Å². The highest BCUT2D eigenvalue weighted by Gasteiger charge is 2.17. The molecule has 1 aromatic rings. The van der Waals surface area contributed by atoms with Gasteiger partial charge in [-0.1, -0.05) is 13.8 Å². The summed E-state index contributed by atoms with van der Waals surface area (Å²) < 4.78 is 26.3. The molecule has 1 heterocycles. The van der Waals surface area contributed by atoms with Crippen molar-refractivity contribution in [2.75, 3.05) is 13.1 Å². The van der Waals surface area contributed by atoms with Crippen molar-refractivity contribution in [1.82, 2.24) is 14.7 Å². The van der Waals surface area contributed by atoms with Gasteiger partial charge in [0.15, 0.2) is 5.03 Å². The molecule has 17 heavy (non-hydrogen) atoms. The summed E-state index contributed by atoms with van der Waals surface area (Å²) in [4.78, 5) is 6.74. The van der Waals surface area contributed by atoms with Gasteiger partial charge in [0, 0.05) is 13.0 Å². The molecule has 7 heteroatoms. The summed E-state index contributed by atoms with van der Waals surface area (Å²) in [5, 5.41) is 0.120.